The summed E-state index contributed by atoms with van der Waals surface area (Å²) < 4.78 is 0. The van der Waals surface area contributed by atoms with Gasteiger partial charge in [-0.3, -0.25) is 4.79 Å². The third-order valence-corrected chi connectivity index (χ3v) is 3.42. The van der Waals surface area contributed by atoms with Crippen LogP contribution in [0.5, 0.6) is 5.75 Å². The van der Waals surface area contributed by atoms with Crippen molar-refractivity contribution >= 4 is 5.91 Å². The number of benzene rings is 1. The van der Waals surface area contributed by atoms with E-state index < -0.39 is 0 Å². The smallest absolute Gasteiger partial charge is 0.251 e. The number of likely N-dealkylation sites (tertiary alicyclic amines) is 1. The summed E-state index contributed by atoms with van der Waals surface area (Å²) in [6.07, 6.45) is 2.18. The van der Waals surface area contributed by atoms with Gasteiger partial charge in [-0.2, -0.15) is 0 Å². The Morgan fingerprint density at radius 2 is 2.17 bits per heavy atom. The van der Waals surface area contributed by atoms with Crippen molar-refractivity contribution in [3.05, 3.63) is 29.8 Å². The third-order valence-electron chi connectivity index (χ3n) is 3.42. The van der Waals surface area contributed by atoms with Gasteiger partial charge in [0.1, 0.15) is 5.75 Å². The number of hydrogen-bond donors (Lipinski definition) is 2. The van der Waals surface area contributed by atoms with Gasteiger partial charge in [0, 0.05) is 18.2 Å². The van der Waals surface area contributed by atoms with Crippen molar-refractivity contribution < 1.29 is 9.90 Å². The van der Waals surface area contributed by atoms with E-state index >= 15 is 0 Å². The van der Waals surface area contributed by atoms with Crippen LogP contribution in [-0.4, -0.2) is 41.6 Å². The van der Waals surface area contributed by atoms with Crippen LogP contribution in [0.1, 0.15) is 30.1 Å². The van der Waals surface area contributed by atoms with Gasteiger partial charge in [-0.25, -0.2) is 0 Å². The first-order valence-electron chi connectivity index (χ1n) is 6.51. The van der Waals surface area contributed by atoms with Gasteiger partial charge in [-0.1, -0.05) is 6.92 Å². The van der Waals surface area contributed by atoms with E-state index in [-0.39, 0.29) is 17.7 Å². The molecule has 0 bridgehead atoms. The van der Waals surface area contributed by atoms with Crippen LogP contribution < -0.4 is 5.32 Å². The average Bonchev–Trinajstić information content (AvgIpc) is 2.39. The van der Waals surface area contributed by atoms with E-state index in [1.54, 1.807) is 12.1 Å². The molecule has 0 aromatic heterocycles. The van der Waals surface area contributed by atoms with E-state index in [1.165, 1.54) is 12.1 Å². The van der Waals surface area contributed by atoms with Crippen LogP contribution in [-0.2, 0) is 0 Å². The molecule has 18 heavy (non-hydrogen) atoms. The molecule has 98 valence electrons. The van der Waals surface area contributed by atoms with E-state index in [1.807, 2.05) is 0 Å². The Balaban J connectivity index is 1.92. The van der Waals surface area contributed by atoms with Crippen LogP contribution in [0.4, 0.5) is 0 Å². The summed E-state index contributed by atoms with van der Waals surface area (Å²) in [6, 6.07) is 6.60. The third kappa shape index (κ3) is 3.23. The predicted octanol–water partition coefficient (Wildman–Crippen LogP) is 1.61. The maximum Gasteiger partial charge on any atom is 0.251 e. The largest absolute Gasteiger partial charge is 0.508 e. The zero-order valence-electron chi connectivity index (χ0n) is 10.7. The number of phenolic OH excluding ortho intramolecular Hbond substituents is 1. The van der Waals surface area contributed by atoms with Crippen LogP contribution in [0.3, 0.4) is 0 Å². The Hall–Kier alpha value is -1.55. The first-order chi connectivity index (χ1) is 8.69. The molecule has 0 saturated carbocycles. The van der Waals surface area contributed by atoms with E-state index in [0.29, 0.717) is 5.56 Å². The number of hydrogen-bond acceptors (Lipinski definition) is 3. The number of aromatic hydroxyl groups is 1. The fraction of sp³-hybridized carbons (Fsp3) is 0.500. The van der Waals surface area contributed by atoms with Gasteiger partial charge in [0.05, 0.1) is 0 Å². The molecule has 1 aromatic rings. The number of rotatable bonds is 3. The lowest BCUT2D eigenvalue weighted by molar-refractivity contribution is 0.0906. The molecule has 2 N–H and O–H groups in total. The number of carbonyl (C=O) groups excluding carboxylic acids is 1. The normalized spacial score (nSPS) is 20.6. The fourth-order valence-corrected chi connectivity index (χ4v) is 2.34. The molecular formula is C14H20N2O2. The molecule has 1 unspecified atom stereocenters. The highest BCUT2D eigenvalue weighted by Crippen LogP contribution is 2.12. The van der Waals surface area contributed by atoms with Crippen LogP contribution in [0.15, 0.2) is 24.3 Å². The monoisotopic (exact) mass is 248 g/mol. The molecule has 1 heterocycles. The van der Waals surface area contributed by atoms with Crippen molar-refractivity contribution in [3.8, 4) is 5.75 Å². The minimum absolute atomic E-state index is 0.0575. The summed E-state index contributed by atoms with van der Waals surface area (Å²) in [5.74, 6) is 0.124. The standard InChI is InChI=1S/C14H20N2O2/c1-2-16-9-3-4-12(10-16)15-14(18)11-5-7-13(17)8-6-11/h5-8,12,17H,2-4,9-10H2,1H3,(H,15,18). The van der Waals surface area contributed by atoms with Gasteiger partial charge in [0.15, 0.2) is 0 Å². The molecule has 1 saturated heterocycles. The second-order valence-electron chi connectivity index (χ2n) is 4.75. The molecule has 1 fully saturated rings. The number of nitrogens with one attached hydrogen (secondary N) is 1. The van der Waals surface area contributed by atoms with Crippen molar-refractivity contribution in [1.82, 2.24) is 10.2 Å². The summed E-state index contributed by atoms with van der Waals surface area (Å²) in [5.41, 5.74) is 0.599. The van der Waals surface area contributed by atoms with Gasteiger partial charge in [-0.05, 0) is 50.2 Å². The van der Waals surface area contributed by atoms with Gasteiger partial charge in [-0.15, -0.1) is 0 Å². The molecule has 0 spiro atoms. The van der Waals surface area contributed by atoms with Crippen LogP contribution in [0.2, 0.25) is 0 Å². The van der Waals surface area contributed by atoms with Crippen molar-refractivity contribution in [1.29, 1.82) is 0 Å². The molecule has 1 aliphatic rings. The van der Waals surface area contributed by atoms with E-state index in [9.17, 15) is 9.90 Å². The van der Waals surface area contributed by atoms with Crippen LogP contribution >= 0.6 is 0 Å². The second kappa shape index (κ2) is 5.87. The van der Waals surface area contributed by atoms with Crippen LogP contribution in [0.25, 0.3) is 0 Å². The molecule has 1 atom stereocenters. The molecule has 2 rings (SSSR count). The Kier molecular flexibility index (Phi) is 4.20. The Labute approximate surface area is 108 Å². The molecular weight excluding hydrogens is 228 g/mol. The van der Waals surface area contributed by atoms with Gasteiger partial charge < -0.3 is 15.3 Å². The van der Waals surface area contributed by atoms with Gasteiger partial charge in [0.2, 0.25) is 0 Å². The average molecular weight is 248 g/mol. The second-order valence-corrected chi connectivity index (χ2v) is 4.75. The summed E-state index contributed by atoms with van der Waals surface area (Å²) in [6.45, 7) is 5.23. The molecule has 1 amide bonds. The van der Waals surface area contributed by atoms with Crippen molar-refractivity contribution in [2.75, 3.05) is 19.6 Å². The summed E-state index contributed by atoms with van der Waals surface area (Å²) in [4.78, 5) is 14.4. The quantitative estimate of drug-likeness (QED) is 0.854. The first kappa shape index (κ1) is 12.9. The van der Waals surface area contributed by atoms with E-state index in [4.69, 9.17) is 0 Å². The number of phenols is 1. The number of amides is 1. The van der Waals surface area contributed by atoms with Gasteiger partial charge >= 0.3 is 0 Å². The van der Waals surface area contributed by atoms with E-state index in [0.717, 1.165) is 32.5 Å². The molecule has 0 radical (unpaired) electrons. The lowest BCUT2D eigenvalue weighted by Gasteiger charge is -2.32. The minimum Gasteiger partial charge on any atom is -0.508 e. The number of likely N-dealkylation sites (N-methyl/N-ethyl adjacent to an activating group) is 1. The molecule has 4 heteroatoms. The Morgan fingerprint density at radius 1 is 1.44 bits per heavy atom. The van der Waals surface area contributed by atoms with E-state index in [2.05, 4.69) is 17.1 Å². The number of piperidine rings is 1. The maximum atomic E-state index is 12.0. The first-order valence-corrected chi connectivity index (χ1v) is 6.51. The molecule has 1 aromatic carbocycles. The number of carbonyl (C=O) groups is 1. The minimum atomic E-state index is -0.0575. The fourth-order valence-electron chi connectivity index (χ4n) is 2.34. The van der Waals surface area contributed by atoms with Crippen molar-refractivity contribution in [2.24, 2.45) is 0 Å². The SMILES string of the molecule is CCN1CCCC(NC(=O)c2ccc(O)cc2)C1. The molecule has 1 aliphatic heterocycles. The topological polar surface area (TPSA) is 52.6 Å². The van der Waals surface area contributed by atoms with Crippen molar-refractivity contribution in [2.45, 2.75) is 25.8 Å². The van der Waals surface area contributed by atoms with Crippen LogP contribution in [0, 0.1) is 0 Å². The number of nitrogens with zero attached hydrogens (tertiary/aromatic N) is 1. The van der Waals surface area contributed by atoms with Crippen molar-refractivity contribution in [3.63, 3.8) is 0 Å². The molecule has 0 aliphatic carbocycles. The zero-order valence-corrected chi connectivity index (χ0v) is 10.7. The highest BCUT2D eigenvalue weighted by atomic mass is 16.3. The maximum absolute atomic E-state index is 12.0. The predicted molar refractivity (Wildman–Crippen MR) is 70.7 cm³/mol. The molecule has 4 nitrogen and oxygen atoms in total. The Morgan fingerprint density at radius 3 is 2.83 bits per heavy atom. The highest BCUT2D eigenvalue weighted by Gasteiger charge is 2.20. The Bertz CT molecular complexity index is 403. The lowest BCUT2D eigenvalue weighted by atomic mass is 10.1. The van der Waals surface area contributed by atoms with Gasteiger partial charge in [0.25, 0.3) is 5.91 Å². The highest BCUT2D eigenvalue weighted by molar-refractivity contribution is 5.94. The summed E-state index contributed by atoms with van der Waals surface area (Å²) >= 11 is 0. The zero-order chi connectivity index (χ0) is 13.0. The summed E-state index contributed by atoms with van der Waals surface area (Å²) in [7, 11) is 0. The summed E-state index contributed by atoms with van der Waals surface area (Å²) in [5, 5.41) is 12.2. The lowest BCUT2D eigenvalue weighted by Crippen LogP contribution is -2.47.